The van der Waals surface area contributed by atoms with Crippen molar-refractivity contribution < 1.29 is 14.3 Å². The molecule has 0 radical (unpaired) electrons. The van der Waals surface area contributed by atoms with Crippen LogP contribution >= 0.6 is 0 Å². The van der Waals surface area contributed by atoms with Crippen LogP contribution in [0.15, 0.2) is 36.4 Å². The van der Waals surface area contributed by atoms with Crippen LogP contribution in [0.3, 0.4) is 0 Å². The molecule has 3 nitrogen and oxygen atoms in total. The number of rotatable bonds is 3. The predicted molar refractivity (Wildman–Crippen MR) is 69.0 cm³/mol. The third-order valence-corrected chi connectivity index (χ3v) is 2.78. The second-order valence-electron chi connectivity index (χ2n) is 3.99. The van der Waals surface area contributed by atoms with Gasteiger partial charge < -0.3 is 4.74 Å². The van der Waals surface area contributed by atoms with Crippen LogP contribution in [0.1, 0.15) is 34.6 Å². The summed E-state index contributed by atoms with van der Waals surface area (Å²) in [7, 11) is 0. The van der Waals surface area contributed by atoms with Crippen molar-refractivity contribution in [3.05, 3.63) is 47.5 Å². The Morgan fingerprint density at radius 1 is 1.06 bits per heavy atom. The molecule has 0 fully saturated rings. The smallest absolute Gasteiger partial charge is 0.338 e. The Bertz CT molecular complexity index is 572. The fourth-order valence-electron chi connectivity index (χ4n) is 1.99. The van der Waals surface area contributed by atoms with Crippen LogP contribution in [-0.4, -0.2) is 18.4 Å². The van der Waals surface area contributed by atoms with Crippen LogP contribution in [0, 0.1) is 0 Å². The fraction of sp³-hybridized carbons (Fsp3) is 0.200. The number of fused-ring (bicyclic) bond motifs is 1. The quantitative estimate of drug-likeness (QED) is 0.613. The molecule has 2 rings (SSSR count). The van der Waals surface area contributed by atoms with E-state index >= 15 is 0 Å². The maximum atomic E-state index is 11.9. The van der Waals surface area contributed by atoms with Gasteiger partial charge in [0.05, 0.1) is 12.2 Å². The van der Waals surface area contributed by atoms with E-state index in [1.165, 1.54) is 6.92 Å². The number of hydrogen-bond acceptors (Lipinski definition) is 3. The average molecular weight is 242 g/mol. The Morgan fingerprint density at radius 2 is 1.67 bits per heavy atom. The van der Waals surface area contributed by atoms with Gasteiger partial charge >= 0.3 is 5.97 Å². The van der Waals surface area contributed by atoms with Crippen molar-refractivity contribution >= 4 is 11.8 Å². The van der Waals surface area contributed by atoms with E-state index in [1.54, 1.807) is 13.0 Å². The Hall–Kier alpha value is -2.16. The molecular formula is C15H14O3. The molecule has 0 aromatic heterocycles. The first-order valence-electron chi connectivity index (χ1n) is 5.85. The summed E-state index contributed by atoms with van der Waals surface area (Å²) in [6, 6.07) is 10.8. The first kappa shape index (κ1) is 12.3. The van der Waals surface area contributed by atoms with Gasteiger partial charge in [0.15, 0.2) is 5.78 Å². The summed E-state index contributed by atoms with van der Waals surface area (Å²) < 4.78 is 5.01. The van der Waals surface area contributed by atoms with Crippen molar-refractivity contribution in [2.45, 2.75) is 13.8 Å². The van der Waals surface area contributed by atoms with Crippen molar-refractivity contribution in [1.29, 1.82) is 0 Å². The van der Waals surface area contributed by atoms with E-state index in [-0.39, 0.29) is 11.8 Å². The van der Waals surface area contributed by atoms with Gasteiger partial charge in [0.25, 0.3) is 0 Å². The molecule has 0 aromatic rings. The van der Waals surface area contributed by atoms with Crippen LogP contribution in [0.25, 0.3) is 11.1 Å². The highest BCUT2D eigenvalue weighted by Gasteiger charge is 2.22. The van der Waals surface area contributed by atoms with Gasteiger partial charge in [0, 0.05) is 5.56 Å². The SMILES string of the molecule is CCOC(=O)c1cc(C(C)=O)c2cccccc1-2. The minimum absolute atomic E-state index is 0.0539. The van der Waals surface area contributed by atoms with E-state index in [2.05, 4.69) is 0 Å². The van der Waals surface area contributed by atoms with E-state index in [9.17, 15) is 9.59 Å². The summed E-state index contributed by atoms with van der Waals surface area (Å²) in [4.78, 5) is 23.5. The number of carbonyl (C=O) groups excluding carboxylic acids is 2. The molecule has 0 amide bonds. The molecule has 3 heteroatoms. The van der Waals surface area contributed by atoms with Crippen LogP contribution in [0.5, 0.6) is 0 Å². The standard InChI is InChI=1S/C15H14O3/c1-3-18-15(17)14-9-13(10(2)16)11-7-5-4-6-8-12(11)14/h4-9H,3H2,1-2H3. The predicted octanol–water partition coefficient (Wildman–Crippen LogP) is 3.17. The highest BCUT2D eigenvalue weighted by Crippen LogP contribution is 2.32. The minimum atomic E-state index is -0.388. The van der Waals surface area contributed by atoms with Crippen molar-refractivity contribution in [1.82, 2.24) is 0 Å². The molecule has 0 unspecified atom stereocenters. The first-order valence-corrected chi connectivity index (χ1v) is 5.85. The number of esters is 1. The first-order chi connectivity index (χ1) is 8.65. The number of Topliss-reactive ketones (excluding diaryl/α,β-unsaturated/α-hetero) is 1. The minimum Gasteiger partial charge on any atom is -0.462 e. The fourth-order valence-corrected chi connectivity index (χ4v) is 1.99. The van der Waals surface area contributed by atoms with Gasteiger partial charge in [-0.3, -0.25) is 4.79 Å². The van der Waals surface area contributed by atoms with Crippen LogP contribution in [0.2, 0.25) is 0 Å². The van der Waals surface area contributed by atoms with E-state index < -0.39 is 0 Å². The summed E-state index contributed by atoms with van der Waals surface area (Å²) in [5.74, 6) is -0.442. The maximum Gasteiger partial charge on any atom is 0.338 e. The molecule has 0 spiro atoms. The van der Waals surface area contributed by atoms with Gasteiger partial charge in [0.2, 0.25) is 0 Å². The lowest BCUT2D eigenvalue weighted by atomic mass is 10.1. The molecule has 0 N–H and O–H groups in total. The molecule has 2 aliphatic rings. The Morgan fingerprint density at radius 3 is 2.22 bits per heavy atom. The van der Waals surface area contributed by atoms with Gasteiger partial charge in [-0.05, 0) is 31.0 Å². The van der Waals surface area contributed by atoms with Crippen LogP contribution in [-0.2, 0) is 4.74 Å². The van der Waals surface area contributed by atoms with Crippen LogP contribution in [0.4, 0.5) is 0 Å². The molecule has 0 atom stereocenters. The number of hydrogen-bond donors (Lipinski definition) is 0. The lowest BCUT2D eigenvalue weighted by Gasteiger charge is -2.01. The number of ketones is 1. The van der Waals surface area contributed by atoms with E-state index in [1.807, 2.05) is 30.3 Å². The number of ether oxygens (including phenoxy) is 1. The zero-order valence-electron chi connectivity index (χ0n) is 10.4. The Kier molecular flexibility index (Phi) is 3.42. The van der Waals surface area contributed by atoms with Gasteiger partial charge in [-0.2, -0.15) is 0 Å². The molecule has 0 saturated heterocycles. The van der Waals surface area contributed by atoms with Gasteiger partial charge in [-0.15, -0.1) is 0 Å². The zero-order chi connectivity index (χ0) is 13.1. The highest BCUT2D eigenvalue weighted by molar-refractivity contribution is 6.09. The zero-order valence-corrected chi connectivity index (χ0v) is 10.4. The molecule has 0 saturated carbocycles. The normalized spacial score (nSPS) is 10.3. The molecule has 92 valence electrons. The monoisotopic (exact) mass is 242 g/mol. The second kappa shape index (κ2) is 5.00. The Balaban J connectivity index is 2.63. The summed E-state index contributed by atoms with van der Waals surface area (Å²) in [5, 5.41) is 0. The third kappa shape index (κ3) is 2.12. The topological polar surface area (TPSA) is 43.4 Å². The lowest BCUT2D eigenvalue weighted by Crippen LogP contribution is -2.03. The summed E-state index contributed by atoms with van der Waals surface area (Å²) in [6.45, 7) is 3.57. The lowest BCUT2D eigenvalue weighted by molar-refractivity contribution is 0.0527. The van der Waals surface area contributed by atoms with Crippen LogP contribution < -0.4 is 0 Å². The van der Waals surface area contributed by atoms with Crippen molar-refractivity contribution in [3.8, 4) is 11.1 Å². The molecule has 0 bridgehead atoms. The van der Waals surface area contributed by atoms with Gasteiger partial charge in [-0.25, -0.2) is 4.79 Å². The second-order valence-corrected chi connectivity index (χ2v) is 3.99. The summed E-state index contributed by atoms with van der Waals surface area (Å²) in [6.07, 6.45) is 0. The van der Waals surface area contributed by atoms with Gasteiger partial charge in [0.1, 0.15) is 0 Å². The summed E-state index contributed by atoms with van der Waals surface area (Å²) >= 11 is 0. The van der Waals surface area contributed by atoms with Crippen molar-refractivity contribution in [3.63, 3.8) is 0 Å². The van der Waals surface area contributed by atoms with Crippen molar-refractivity contribution in [2.75, 3.05) is 6.61 Å². The molecule has 2 aliphatic carbocycles. The number of carbonyl (C=O) groups is 2. The average Bonchev–Trinajstić information content (AvgIpc) is 2.53. The molecular weight excluding hydrogens is 228 g/mol. The molecule has 18 heavy (non-hydrogen) atoms. The van der Waals surface area contributed by atoms with Crippen molar-refractivity contribution in [2.24, 2.45) is 0 Å². The van der Waals surface area contributed by atoms with E-state index in [0.29, 0.717) is 17.7 Å². The Labute approximate surface area is 106 Å². The van der Waals surface area contributed by atoms with E-state index in [4.69, 9.17) is 4.74 Å². The maximum absolute atomic E-state index is 11.9. The molecule has 0 heterocycles. The third-order valence-electron chi connectivity index (χ3n) is 2.78. The highest BCUT2D eigenvalue weighted by atomic mass is 16.5. The van der Waals surface area contributed by atoms with E-state index in [0.717, 1.165) is 11.1 Å². The molecule has 0 aliphatic heterocycles. The largest absolute Gasteiger partial charge is 0.462 e. The molecule has 0 aromatic carbocycles. The van der Waals surface area contributed by atoms with Gasteiger partial charge in [-0.1, -0.05) is 30.3 Å². The summed E-state index contributed by atoms with van der Waals surface area (Å²) in [5.41, 5.74) is 2.55.